The normalized spacial score (nSPS) is 22.1. The Bertz CT molecular complexity index is 1180. The van der Waals surface area contributed by atoms with Gasteiger partial charge in [0.25, 0.3) is 0 Å². The van der Waals surface area contributed by atoms with Crippen molar-refractivity contribution in [1.29, 1.82) is 0 Å². The number of nitrogens with zero attached hydrogens (tertiary/aromatic N) is 3. The number of aromatic nitrogens is 1. The van der Waals surface area contributed by atoms with E-state index in [-0.39, 0.29) is 17.3 Å². The highest BCUT2D eigenvalue weighted by molar-refractivity contribution is 5.75. The van der Waals surface area contributed by atoms with Crippen molar-refractivity contribution in [2.75, 3.05) is 32.7 Å². The molecular weight excluding hydrogens is 485 g/mol. The molecule has 7 nitrogen and oxygen atoms in total. The molecule has 0 radical (unpaired) electrons. The van der Waals surface area contributed by atoms with E-state index in [0.29, 0.717) is 37.8 Å². The molecule has 0 aliphatic carbocycles. The minimum atomic E-state index is -4.68. The number of ether oxygens (including phenoxy) is 1. The number of halogens is 3. The lowest BCUT2D eigenvalue weighted by atomic mass is 9.92. The summed E-state index contributed by atoms with van der Waals surface area (Å²) in [6, 6.07) is 9.38. The summed E-state index contributed by atoms with van der Waals surface area (Å²) in [5.74, 6) is 0.752. The van der Waals surface area contributed by atoms with Gasteiger partial charge in [-0.1, -0.05) is 24.3 Å². The van der Waals surface area contributed by atoms with E-state index in [4.69, 9.17) is 0 Å². The average molecular weight is 517 g/mol. The molecule has 1 aromatic heterocycles. The number of benzene rings is 1. The standard InChI is InChI=1S/C27H31F3N4O3/c28-27(29,30)37-23-6-3-19(4-7-23)2-1-12-32-13-9-20-16-34(17-21(20)10-14-32)26(36)33-15-11-24-22(18-33)5-8-25(35)31-24/h1,3-8,12,20-21H,2,9-11,13-18H2,(H,31,35)/b12-1+/t20-,21+. The van der Waals surface area contributed by atoms with E-state index in [1.54, 1.807) is 12.1 Å². The van der Waals surface area contributed by atoms with Crippen LogP contribution in [0.15, 0.2) is 53.5 Å². The second-order valence-corrected chi connectivity index (χ2v) is 10.1. The molecule has 0 spiro atoms. The number of rotatable bonds is 4. The number of urea groups is 1. The molecule has 2 atom stereocenters. The molecule has 1 N–H and O–H groups in total. The number of hydrogen-bond donors (Lipinski definition) is 1. The highest BCUT2D eigenvalue weighted by Gasteiger charge is 2.38. The number of nitrogens with one attached hydrogen (secondary N) is 1. The van der Waals surface area contributed by atoms with Gasteiger partial charge in [0.2, 0.25) is 5.56 Å². The number of carbonyl (C=O) groups is 1. The largest absolute Gasteiger partial charge is 0.573 e. The fourth-order valence-electron chi connectivity index (χ4n) is 5.65. The number of amides is 2. The Balaban J connectivity index is 1.09. The fraction of sp³-hybridized carbons (Fsp3) is 0.481. The summed E-state index contributed by atoms with van der Waals surface area (Å²) in [6.07, 6.45) is 2.78. The molecule has 2 aromatic rings. The van der Waals surface area contributed by atoms with Gasteiger partial charge in [-0.3, -0.25) is 4.79 Å². The van der Waals surface area contributed by atoms with Gasteiger partial charge in [0.05, 0.1) is 0 Å². The van der Waals surface area contributed by atoms with E-state index in [0.717, 1.165) is 55.8 Å². The molecule has 0 unspecified atom stereocenters. The maximum Gasteiger partial charge on any atom is 0.573 e. The van der Waals surface area contributed by atoms with E-state index in [1.165, 1.54) is 18.2 Å². The number of fused-ring (bicyclic) bond motifs is 2. The smallest absolute Gasteiger partial charge is 0.406 e. The first-order valence-electron chi connectivity index (χ1n) is 12.7. The minimum Gasteiger partial charge on any atom is -0.406 e. The highest BCUT2D eigenvalue weighted by Crippen LogP contribution is 2.33. The topological polar surface area (TPSA) is 68.9 Å². The van der Waals surface area contributed by atoms with Crippen molar-refractivity contribution in [3.63, 3.8) is 0 Å². The van der Waals surface area contributed by atoms with Crippen LogP contribution in [0.1, 0.15) is 29.7 Å². The lowest BCUT2D eigenvalue weighted by molar-refractivity contribution is -0.274. The van der Waals surface area contributed by atoms with Crippen molar-refractivity contribution in [2.45, 2.75) is 38.6 Å². The maximum absolute atomic E-state index is 13.2. The van der Waals surface area contributed by atoms with Gasteiger partial charge in [-0.05, 0) is 60.6 Å². The Hall–Kier alpha value is -3.43. The van der Waals surface area contributed by atoms with Crippen LogP contribution in [0.25, 0.3) is 0 Å². The molecule has 4 heterocycles. The number of allylic oxidation sites excluding steroid dienone is 1. The predicted octanol–water partition coefficient (Wildman–Crippen LogP) is 4.15. The second-order valence-electron chi connectivity index (χ2n) is 10.1. The molecule has 1 aromatic carbocycles. The third-order valence-corrected chi connectivity index (χ3v) is 7.61. The van der Waals surface area contributed by atoms with Gasteiger partial charge in [0.1, 0.15) is 5.75 Å². The first-order valence-corrected chi connectivity index (χ1v) is 12.7. The number of alkyl halides is 3. The van der Waals surface area contributed by atoms with Crippen molar-refractivity contribution in [2.24, 2.45) is 11.8 Å². The Labute approximate surface area is 213 Å². The van der Waals surface area contributed by atoms with Crippen LogP contribution in [0.2, 0.25) is 0 Å². The number of aromatic amines is 1. The Morgan fingerprint density at radius 3 is 2.38 bits per heavy atom. The SMILES string of the molecule is O=C(N1CCc2[nH]c(=O)ccc2C1)N1C[C@H]2CCN(/C=C/Cc3ccc(OC(F)(F)F)cc3)CC[C@H]2C1. The molecule has 0 saturated carbocycles. The van der Waals surface area contributed by atoms with Gasteiger partial charge < -0.3 is 24.4 Å². The molecule has 5 rings (SSSR count). The average Bonchev–Trinajstić information content (AvgIpc) is 3.18. The van der Waals surface area contributed by atoms with E-state index in [2.05, 4.69) is 20.8 Å². The molecule has 3 aliphatic rings. The van der Waals surface area contributed by atoms with Crippen LogP contribution in [-0.4, -0.2) is 64.8 Å². The van der Waals surface area contributed by atoms with Gasteiger partial charge in [-0.2, -0.15) is 0 Å². The molecule has 2 fully saturated rings. The van der Waals surface area contributed by atoms with Crippen LogP contribution >= 0.6 is 0 Å². The van der Waals surface area contributed by atoms with Crippen LogP contribution in [-0.2, 0) is 19.4 Å². The monoisotopic (exact) mass is 516 g/mol. The van der Waals surface area contributed by atoms with Gasteiger partial charge in [-0.15, -0.1) is 13.2 Å². The summed E-state index contributed by atoms with van der Waals surface area (Å²) >= 11 is 0. The molecular formula is C27H31F3N4O3. The molecule has 10 heteroatoms. The Kier molecular flexibility index (Phi) is 7.17. The van der Waals surface area contributed by atoms with E-state index < -0.39 is 6.36 Å². The number of likely N-dealkylation sites (tertiary alicyclic amines) is 2. The van der Waals surface area contributed by atoms with Crippen molar-refractivity contribution in [3.8, 4) is 5.75 Å². The van der Waals surface area contributed by atoms with Crippen molar-refractivity contribution in [1.82, 2.24) is 19.7 Å². The zero-order valence-electron chi connectivity index (χ0n) is 20.5. The summed E-state index contributed by atoms with van der Waals surface area (Å²) in [4.78, 5) is 33.9. The van der Waals surface area contributed by atoms with Crippen molar-refractivity contribution in [3.05, 3.63) is 75.8 Å². The zero-order chi connectivity index (χ0) is 26.0. The maximum atomic E-state index is 13.2. The second kappa shape index (κ2) is 10.5. The third-order valence-electron chi connectivity index (χ3n) is 7.61. The molecule has 37 heavy (non-hydrogen) atoms. The van der Waals surface area contributed by atoms with E-state index >= 15 is 0 Å². The molecule has 198 valence electrons. The number of hydrogen-bond acceptors (Lipinski definition) is 4. The Morgan fingerprint density at radius 2 is 1.70 bits per heavy atom. The first kappa shape index (κ1) is 25.2. The van der Waals surface area contributed by atoms with Gasteiger partial charge in [-0.25, -0.2) is 4.79 Å². The summed E-state index contributed by atoms with van der Waals surface area (Å²) in [5.41, 5.74) is 2.76. The van der Waals surface area contributed by atoms with E-state index in [1.807, 2.05) is 21.9 Å². The minimum absolute atomic E-state index is 0.0910. The van der Waals surface area contributed by atoms with Crippen molar-refractivity contribution >= 4 is 6.03 Å². The highest BCUT2D eigenvalue weighted by atomic mass is 19.4. The van der Waals surface area contributed by atoms with E-state index in [9.17, 15) is 22.8 Å². The van der Waals surface area contributed by atoms with Crippen LogP contribution in [0.3, 0.4) is 0 Å². The number of H-pyrrole nitrogens is 1. The third kappa shape index (κ3) is 6.29. The predicted molar refractivity (Wildman–Crippen MR) is 132 cm³/mol. The lowest BCUT2D eigenvalue weighted by Gasteiger charge is -2.32. The number of carbonyl (C=O) groups excluding carboxylic acids is 1. The van der Waals surface area contributed by atoms with Crippen LogP contribution < -0.4 is 10.3 Å². The number of pyridine rings is 1. The molecule has 2 saturated heterocycles. The van der Waals surface area contributed by atoms with Crippen LogP contribution in [0.5, 0.6) is 5.75 Å². The summed E-state index contributed by atoms with van der Waals surface area (Å²) < 4.78 is 40.8. The van der Waals surface area contributed by atoms with Crippen LogP contribution in [0.4, 0.5) is 18.0 Å². The quantitative estimate of drug-likeness (QED) is 0.663. The summed E-state index contributed by atoms with van der Waals surface area (Å²) in [5, 5.41) is 0. The summed E-state index contributed by atoms with van der Waals surface area (Å²) in [7, 11) is 0. The first-order chi connectivity index (χ1) is 17.7. The van der Waals surface area contributed by atoms with Gasteiger partial charge in [0.15, 0.2) is 0 Å². The summed E-state index contributed by atoms with van der Waals surface area (Å²) in [6.45, 7) is 4.55. The zero-order valence-corrected chi connectivity index (χ0v) is 20.5. The van der Waals surface area contributed by atoms with Gasteiger partial charge in [0, 0.05) is 57.4 Å². The molecule has 3 aliphatic heterocycles. The Morgan fingerprint density at radius 1 is 1.00 bits per heavy atom. The fourth-order valence-corrected chi connectivity index (χ4v) is 5.65. The lowest BCUT2D eigenvalue weighted by Crippen LogP contribution is -2.45. The molecule has 0 bridgehead atoms. The molecule has 2 amide bonds. The van der Waals surface area contributed by atoms with Crippen LogP contribution in [0, 0.1) is 11.8 Å². The van der Waals surface area contributed by atoms with Crippen molar-refractivity contribution < 1.29 is 22.7 Å². The van der Waals surface area contributed by atoms with Gasteiger partial charge >= 0.3 is 12.4 Å².